The van der Waals surface area contributed by atoms with E-state index in [9.17, 15) is 4.79 Å². The van der Waals surface area contributed by atoms with Crippen molar-refractivity contribution in [3.63, 3.8) is 0 Å². The fourth-order valence-corrected chi connectivity index (χ4v) is 4.01. The first kappa shape index (κ1) is 23.7. The highest BCUT2D eigenvalue weighted by atomic mass is 16.6. The largest absolute Gasteiger partial charge is 0.444 e. The number of fused-ring (bicyclic) bond motifs is 1. The molecule has 2 aromatic heterocycles. The number of nitrogens with zero attached hydrogens (tertiary/aromatic N) is 4. The molecular formula is C25H33N7O2. The molecule has 34 heavy (non-hydrogen) atoms. The van der Waals surface area contributed by atoms with E-state index < -0.39 is 11.7 Å². The lowest BCUT2D eigenvalue weighted by atomic mass is 10.1. The Labute approximate surface area is 200 Å². The first-order valence-corrected chi connectivity index (χ1v) is 11.6. The number of hydrogen-bond donors (Lipinski definition) is 3. The average molecular weight is 464 g/mol. The molecule has 3 aromatic rings. The summed E-state index contributed by atoms with van der Waals surface area (Å²) in [5.41, 5.74) is 7.98. The van der Waals surface area contributed by atoms with Gasteiger partial charge in [0.1, 0.15) is 23.1 Å². The number of nitrogens with one attached hydrogen (secondary N) is 2. The number of aryl methyl sites for hydroxylation is 1. The number of benzene rings is 1. The number of hydrogen-bond acceptors (Lipinski definition) is 8. The fourth-order valence-electron chi connectivity index (χ4n) is 4.01. The minimum Gasteiger partial charge on any atom is -0.444 e. The van der Waals surface area contributed by atoms with Crippen molar-refractivity contribution in [3.05, 3.63) is 47.9 Å². The summed E-state index contributed by atoms with van der Waals surface area (Å²) in [5.74, 6) is 2.29. The molecule has 4 rings (SSSR count). The lowest BCUT2D eigenvalue weighted by Crippen LogP contribution is -2.27. The third-order valence-electron chi connectivity index (χ3n) is 5.61. The molecule has 2 atom stereocenters. The van der Waals surface area contributed by atoms with Gasteiger partial charge in [-0.15, -0.1) is 0 Å². The molecule has 1 fully saturated rings. The quantitative estimate of drug-likeness (QED) is 0.510. The van der Waals surface area contributed by atoms with Crippen LogP contribution in [0.5, 0.6) is 0 Å². The van der Waals surface area contributed by atoms with Gasteiger partial charge < -0.3 is 20.7 Å². The lowest BCUT2D eigenvalue weighted by molar-refractivity contribution is 0.0636. The second-order valence-electron chi connectivity index (χ2n) is 9.79. The minimum atomic E-state index is -0.559. The van der Waals surface area contributed by atoms with Crippen LogP contribution in [0.4, 0.5) is 22.1 Å². The van der Waals surface area contributed by atoms with Crippen LogP contribution in [0, 0.1) is 6.92 Å². The lowest BCUT2D eigenvalue weighted by Gasteiger charge is -2.21. The second-order valence-corrected chi connectivity index (χ2v) is 9.79. The Morgan fingerprint density at radius 1 is 1.26 bits per heavy atom. The molecule has 9 nitrogen and oxygen atoms in total. The van der Waals surface area contributed by atoms with Crippen LogP contribution in [0.3, 0.4) is 0 Å². The monoisotopic (exact) mass is 463 g/mol. The molecule has 0 radical (unpaired) electrons. The standard InChI is InChI=1S/C25H33N7O2/c1-15(17-7-6-8-19(11-17)31-24(33)34-25(3,4)5)28-23-20-12-22(32-10-9-18(26)14-32)27-13-21(20)29-16(2)30-23/h6-8,11-13,15,18H,9-10,14,26H2,1-5H3,(H,31,33)(H,28,29,30)/t15-,18+/m0/s1. The summed E-state index contributed by atoms with van der Waals surface area (Å²) in [5, 5.41) is 7.23. The number of pyridine rings is 1. The van der Waals surface area contributed by atoms with Crippen LogP contribution in [0.25, 0.3) is 10.9 Å². The third kappa shape index (κ3) is 5.72. The van der Waals surface area contributed by atoms with Crippen LogP contribution < -0.4 is 21.3 Å². The summed E-state index contributed by atoms with van der Waals surface area (Å²) in [6.45, 7) is 11.1. The van der Waals surface area contributed by atoms with Crippen molar-refractivity contribution >= 4 is 34.3 Å². The van der Waals surface area contributed by atoms with E-state index in [2.05, 4.69) is 37.4 Å². The van der Waals surface area contributed by atoms with Gasteiger partial charge in [0.2, 0.25) is 0 Å². The molecule has 0 aliphatic carbocycles. The molecule has 4 N–H and O–H groups in total. The summed E-state index contributed by atoms with van der Waals surface area (Å²) in [6, 6.07) is 9.80. The maximum absolute atomic E-state index is 12.2. The maximum Gasteiger partial charge on any atom is 0.412 e. The van der Waals surface area contributed by atoms with Crippen LogP contribution in [0.1, 0.15) is 51.5 Å². The Hall–Kier alpha value is -3.46. The van der Waals surface area contributed by atoms with E-state index in [4.69, 9.17) is 10.5 Å². The van der Waals surface area contributed by atoms with Crippen molar-refractivity contribution in [2.45, 2.75) is 58.7 Å². The zero-order chi connectivity index (χ0) is 24.5. The van der Waals surface area contributed by atoms with E-state index in [1.807, 2.05) is 58.0 Å². The molecule has 3 heterocycles. The Kier molecular flexibility index (Phi) is 6.56. The van der Waals surface area contributed by atoms with Gasteiger partial charge >= 0.3 is 6.09 Å². The first-order valence-electron chi connectivity index (χ1n) is 11.6. The number of carbonyl (C=O) groups excluding carboxylic acids is 1. The number of aromatic nitrogens is 3. The molecule has 0 spiro atoms. The number of carbonyl (C=O) groups is 1. The normalized spacial score (nSPS) is 17.0. The van der Waals surface area contributed by atoms with Gasteiger partial charge in [-0.25, -0.2) is 19.7 Å². The third-order valence-corrected chi connectivity index (χ3v) is 5.61. The van der Waals surface area contributed by atoms with E-state index in [-0.39, 0.29) is 12.1 Å². The summed E-state index contributed by atoms with van der Waals surface area (Å²) in [7, 11) is 0. The predicted molar refractivity (Wildman–Crippen MR) is 135 cm³/mol. The van der Waals surface area contributed by atoms with Crippen molar-refractivity contribution in [2.75, 3.05) is 28.6 Å². The number of amides is 1. The molecule has 0 saturated carbocycles. The molecule has 1 amide bonds. The molecule has 0 bridgehead atoms. The van der Waals surface area contributed by atoms with Crippen molar-refractivity contribution in [1.29, 1.82) is 0 Å². The van der Waals surface area contributed by atoms with Gasteiger partial charge in [-0.1, -0.05) is 12.1 Å². The average Bonchev–Trinajstić information content (AvgIpc) is 3.18. The molecule has 1 aliphatic rings. The Balaban J connectivity index is 1.56. The summed E-state index contributed by atoms with van der Waals surface area (Å²) in [6.07, 6.45) is 2.27. The van der Waals surface area contributed by atoms with Crippen molar-refractivity contribution < 1.29 is 9.53 Å². The molecule has 1 saturated heterocycles. The minimum absolute atomic E-state index is 0.0743. The molecule has 1 aromatic carbocycles. The van der Waals surface area contributed by atoms with Gasteiger partial charge in [0, 0.05) is 30.2 Å². The zero-order valence-corrected chi connectivity index (χ0v) is 20.4. The summed E-state index contributed by atoms with van der Waals surface area (Å²) >= 11 is 0. The van der Waals surface area contributed by atoms with Crippen LogP contribution in [-0.4, -0.2) is 45.8 Å². The van der Waals surface area contributed by atoms with E-state index in [0.29, 0.717) is 11.5 Å². The predicted octanol–water partition coefficient (Wildman–Crippen LogP) is 4.39. The molecule has 180 valence electrons. The van der Waals surface area contributed by atoms with Crippen LogP contribution in [0.15, 0.2) is 36.5 Å². The van der Waals surface area contributed by atoms with Crippen LogP contribution in [-0.2, 0) is 4.74 Å². The van der Waals surface area contributed by atoms with E-state index in [1.54, 1.807) is 6.20 Å². The molecule has 9 heteroatoms. The molecule has 0 unspecified atom stereocenters. The summed E-state index contributed by atoms with van der Waals surface area (Å²) in [4.78, 5) is 28.2. The number of nitrogens with two attached hydrogens (primary N) is 1. The Bertz CT molecular complexity index is 1190. The maximum atomic E-state index is 12.2. The second kappa shape index (κ2) is 9.42. The van der Waals surface area contributed by atoms with Gasteiger partial charge in [-0.2, -0.15) is 0 Å². The highest BCUT2D eigenvalue weighted by Gasteiger charge is 2.22. The van der Waals surface area contributed by atoms with Gasteiger partial charge in [-0.05, 0) is 64.8 Å². The first-order chi connectivity index (χ1) is 16.1. The van der Waals surface area contributed by atoms with E-state index in [1.165, 1.54) is 0 Å². The summed E-state index contributed by atoms with van der Waals surface area (Å²) < 4.78 is 5.36. The van der Waals surface area contributed by atoms with Gasteiger partial charge in [0.05, 0.1) is 17.8 Å². The SMILES string of the molecule is Cc1nc(N[C@@H](C)c2cccc(NC(=O)OC(C)(C)C)c2)c2cc(N3CC[C@@H](N)C3)ncc2n1. The van der Waals surface area contributed by atoms with Crippen LogP contribution in [0.2, 0.25) is 0 Å². The Morgan fingerprint density at radius 2 is 2.06 bits per heavy atom. The van der Waals surface area contributed by atoms with Gasteiger partial charge in [0.25, 0.3) is 0 Å². The van der Waals surface area contributed by atoms with Crippen molar-refractivity contribution in [1.82, 2.24) is 15.0 Å². The van der Waals surface area contributed by atoms with E-state index in [0.717, 1.165) is 47.6 Å². The highest BCUT2D eigenvalue weighted by molar-refractivity contribution is 5.90. The van der Waals surface area contributed by atoms with Crippen LogP contribution >= 0.6 is 0 Å². The topological polar surface area (TPSA) is 118 Å². The fraction of sp³-hybridized carbons (Fsp3) is 0.440. The highest BCUT2D eigenvalue weighted by Crippen LogP contribution is 2.29. The number of rotatable bonds is 5. The van der Waals surface area contributed by atoms with Gasteiger partial charge in [-0.3, -0.25) is 5.32 Å². The van der Waals surface area contributed by atoms with Crippen molar-refractivity contribution in [3.8, 4) is 0 Å². The smallest absolute Gasteiger partial charge is 0.412 e. The molecule has 1 aliphatic heterocycles. The van der Waals surface area contributed by atoms with Gasteiger partial charge in [0.15, 0.2) is 0 Å². The van der Waals surface area contributed by atoms with Crippen molar-refractivity contribution in [2.24, 2.45) is 5.73 Å². The van der Waals surface area contributed by atoms with E-state index >= 15 is 0 Å². The zero-order valence-electron chi connectivity index (χ0n) is 20.4. The number of anilines is 3. The Morgan fingerprint density at radius 3 is 2.76 bits per heavy atom. The molecular weight excluding hydrogens is 430 g/mol. The number of ether oxygens (including phenoxy) is 1.